The zero-order chi connectivity index (χ0) is 15.4. The van der Waals surface area contributed by atoms with Crippen LogP contribution in [0.4, 0.5) is 4.39 Å². The third-order valence-electron chi connectivity index (χ3n) is 3.72. The Labute approximate surface area is 126 Å². The van der Waals surface area contributed by atoms with Gasteiger partial charge in [0.1, 0.15) is 5.82 Å². The lowest BCUT2D eigenvalue weighted by molar-refractivity contribution is 0.583. The number of nitrogens with zero attached hydrogens (tertiary/aromatic N) is 2. The first-order chi connectivity index (χ1) is 10.1. The lowest BCUT2D eigenvalue weighted by Crippen LogP contribution is -2.12. The van der Waals surface area contributed by atoms with Crippen LogP contribution in [0, 0.1) is 19.7 Å². The van der Waals surface area contributed by atoms with E-state index in [-0.39, 0.29) is 5.82 Å². The van der Waals surface area contributed by atoms with Gasteiger partial charge in [0.25, 0.3) is 0 Å². The molecule has 2 rings (SSSR count). The van der Waals surface area contributed by atoms with E-state index in [1.54, 1.807) is 6.07 Å². The van der Waals surface area contributed by atoms with Crippen molar-refractivity contribution in [1.82, 2.24) is 15.1 Å². The van der Waals surface area contributed by atoms with Crippen LogP contribution in [0.2, 0.25) is 0 Å². The molecule has 0 aliphatic rings. The van der Waals surface area contributed by atoms with Gasteiger partial charge >= 0.3 is 0 Å². The van der Waals surface area contributed by atoms with Gasteiger partial charge in [0, 0.05) is 29.9 Å². The van der Waals surface area contributed by atoms with E-state index in [1.807, 2.05) is 30.7 Å². The standard InChI is InChI=1S/C17H24FN3/c1-5-9-21-13(4)17(12(3)20-21)14-7-8-15(11-19-6-2)16(18)10-14/h7-8,10,19H,5-6,9,11H2,1-4H3. The summed E-state index contributed by atoms with van der Waals surface area (Å²) in [7, 11) is 0. The molecule has 3 nitrogen and oxygen atoms in total. The second-order valence-corrected chi connectivity index (χ2v) is 5.36. The molecule has 0 spiro atoms. The Morgan fingerprint density at radius 2 is 2.00 bits per heavy atom. The molecule has 1 N–H and O–H groups in total. The largest absolute Gasteiger partial charge is 0.313 e. The third-order valence-corrected chi connectivity index (χ3v) is 3.72. The first kappa shape index (κ1) is 15.7. The molecule has 4 heteroatoms. The van der Waals surface area contributed by atoms with Crippen molar-refractivity contribution < 1.29 is 4.39 Å². The first-order valence-electron chi connectivity index (χ1n) is 7.62. The molecule has 1 heterocycles. The highest BCUT2D eigenvalue weighted by Crippen LogP contribution is 2.28. The van der Waals surface area contributed by atoms with E-state index in [0.29, 0.717) is 12.1 Å². The van der Waals surface area contributed by atoms with Gasteiger partial charge in [-0.15, -0.1) is 0 Å². The highest BCUT2D eigenvalue weighted by Gasteiger charge is 2.14. The van der Waals surface area contributed by atoms with Gasteiger partial charge in [0.2, 0.25) is 0 Å². The van der Waals surface area contributed by atoms with Crippen LogP contribution < -0.4 is 5.32 Å². The van der Waals surface area contributed by atoms with Crippen LogP contribution in [-0.2, 0) is 13.1 Å². The summed E-state index contributed by atoms with van der Waals surface area (Å²) >= 11 is 0. The number of rotatable bonds is 6. The van der Waals surface area contributed by atoms with E-state index in [0.717, 1.165) is 42.0 Å². The monoisotopic (exact) mass is 289 g/mol. The molecule has 114 valence electrons. The van der Waals surface area contributed by atoms with Crippen LogP contribution in [-0.4, -0.2) is 16.3 Å². The topological polar surface area (TPSA) is 29.9 Å². The van der Waals surface area contributed by atoms with E-state index in [4.69, 9.17) is 0 Å². The van der Waals surface area contributed by atoms with Gasteiger partial charge in [-0.05, 0) is 38.4 Å². The molecular formula is C17H24FN3. The van der Waals surface area contributed by atoms with Crippen molar-refractivity contribution in [2.75, 3.05) is 6.54 Å². The molecule has 0 saturated heterocycles. The van der Waals surface area contributed by atoms with Crippen LogP contribution in [0.25, 0.3) is 11.1 Å². The van der Waals surface area contributed by atoms with Gasteiger partial charge in [-0.3, -0.25) is 4.68 Å². The fraction of sp³-hybridized carbons (Fsp3) is 0.471. The van der Waals surface area contributed by atoms with Gasteiger partial charge in [0.15, 0.2) is 0 Å². The molecule has 0 aliphatic heterocycles. The van der Waals surface area contributed by atoms with Crippen molar-refractivity contribution in [1.29, 1.82) is 0 Å². The third kappa shape index (κ3) is 3.32. The Kier molecular flexibility index (Phi) is 5.12. The molecule has 0 bridgehead atoms. The predicted octanol–water partition coefficient (Wildman–Crippen LogP) is 3.83. The van der Waals surface area contributed by atoms with E-state index < -0.39 is 0 Å². The molecule has 0 amide bonds. The molecule has 21 heavy (non-hydrogen) atoms. The Bertz CT molecular complexity index is 617. The van der Waals surface area contributed by atoms with Crippen molar-refractivity contribution in [3.05, 3.63) is 41.0 Å². The fourth-order valence-electron chi connectivity index (χ4n) is 2.65. The van der Waals surface area contributed by atoms with Crippen LogP contribution in [0.15, 0.2) is 18.2 Å². The summed E-state index contributed by atoms with van der Waals surface area (Å²) < 4.78 is 16.2. The zero-order valence-electron chi connectivity index (χ0n) is 13.3. The number of nitrogens with one attached hydrogen (secondary N) is 1. The maximum atomic E-state index is 14.2. The smallest absolute Gasteiger partial charge is 0.128 e. The van der Waals surface area contributed by atoms with Crippen LogP contribution >= 0.6 is 0 Å². The lowest BCUT2D eigenvalue weighted by Gasteiger charge is -2.08. The summed E-state index contributed by atoms with van der Waals surface area (Å²) in [4.78, 5) is 0. The highest BCUT2D eigenvalue weighted by molar-refractivity contribution is 5.68. The van der Waals surface area contributed by atoms with Gasteiger partial charge in [-0.1, -0.05) is 26.0 Å². The van der Waals surface area contributed by atoms with Crippen molar-refractivity contribution in [3.63, 3.8) is 0 Å². The summed E-state index contributed by atoms with van der Waals surface area (Å²) in [5.74, 6) is -0.157. The van der Waals surface area contributed by atoms with Gasteiger partial charge in [-0.2, -0.15) is 5.10 Å². The van der Waals surface area contributed by atoms with Gasteiger partial charge < -0.3 is 5.32 Å². The molecule has 0 unspecified atom stereocenters. The minimum absolute atomic E-state index is 0.157. The second kappa shape index (κ2) is 6.85. The molecule has 1 aromatic heterocycles. The number of aromatic nitrogens is 2. The minimum Gasteiger partial charge on any atom is -0.313 e. The van der Waals surface area contributed by atoms with Gasteiger partial charge in [0.05, 0.1) is 5.69 Å². The molecule has 0 saturated carbocycles. The first-order valence-corrected chi connectivity index (χ1v) is 7.62. The summed E-state index contributed by atoms with van der Waals surface area (Å²) in [6.45, 7) is 10.5. The molecule has 0 radical (unpaired) electrons. The van der Waals surface area contributed by atoms with Crippen LogP contribution in [0.3, 0.4) is 0 Å². The number of aryl methyl sites for hydroxylation is 2. The molecule has 1 aromatic carbocycles. The minimum atomic E-state index is -0.157. The number of hydrogen-bond acceptors (Lipinski definition) is 2. The maximum absolute atomic E-state index is 14.2. The molecule has 0 atom stereocenters. The summed E-state index contributed by atoms with van der Waals surface area (Å²) in [6, 6.07) is 5.48. The SMILES string of the molecule is CCCn1nc(C)c(-c2ccc(CNCC)c(F)c2)c1C. The molecular weight excluding hydrogens is 265 g/mol. The molecule has 2 aromatic rings. The van der Waals surface area contributed by atoms with E-state index >= 15 is 0 Å². The average Bonchev–Trinajstić information content (AvgIpc) is 2.73. The Hall–Kier alpha value is -1.68. The van der Waals surface area contributed by atoms with E-state index in [9.17, 15) is 4.39 Å². The van der Waals surface area contributed by atoms with Crippen molar-refractivity contribution in [2.45, 2.75) is 47.2 Å². The number of hydrogen-bond donors (Lipinski definition) is 1. The fourth-order valence-corrected chi connectivity index (χ4v) is 2.65. The lowest BCUT2D eigenvalue weighted by atomic mass is 10.0. The molecule has 0 aliphatic carbocycles. The maximum Gasteiger partial charge on any atom is 0.128 e. The van der Waals surface area contributed by atoms with Crippen LogP contribution in [0.1, 0.15) is 37.2 Å². The highest BCUT2D eigenvalue weighted by atomic mass is 19.1. The average molecular weight is 289 g/mol. The summed E-state index contributed by atoms with van der Waals surface area (Å²) in [5, 5.41) is 7.71. The van der Waals surface area contributed by atoms with Crippen LogP contribution in [0.5, 0.6) is 0 Å². The number of halogens is 1. The van der Waals surface area contributed by atoms with E-state index in [1.165, 1.54) is 0 Å². The normalized spacial score (nSPS) is 11.1. The van der Waals surface area contributed by atoms with Gasteiger partial charge in [-0.25, -0.2) is 4.39 Å². The van der Waals surface area contributed by atoms with E-state index in [2.05, 4.69) is 24.3 Å². The summed E-state index contributed by atoms with van der Waals surface area (Å²) in [6.07, 6.45) is 1.04. The molecule has 0 fully saturated rings. The second-order valence-electron chi connectivity index (χ2n) is 5.36. The Balaban J connectivity index is 2.36. The predicted molar refractivity (Wildman–Crippen MR) is 84.8 cm³/mol. The summed E-state index contributed by atoms with van der Waals surface area (Å²) in [5.41, 5.74) is 4.73. The Morgan fingerprint density at radius 3 is 2.62 bits per heavy atom. The number of benzene rings is 1. The van der Waals surface area contributed by atoms with Crippen molar-refractivity contribution in [3.8, 4) is 11.1 Å². The Morgan fingerprint density at radius 1 is 1.24 bits per heavy atom. The van der Waals surface area contributed by atoms with Crippen molar-refractivity contribution >= 4 is 0 Å². The zero-order valence-corrected chi connectivity index (χ0v) is 13.3. The van der Waals surface area contributed by atoms with Crippen molar-refractivity contribution in [2.24, 2.45) is 0 Å². The quantitative estimate of drug-likeness (QED) is 0.876.